The molecule has 0 bridgehead atoms. The molecule has 3 aliphatic rings. The van der Waals surface area contributed by atoms with Crippen molar-refractivity contribution in [2.75, 3.05) is 57.4 Å². The highest BCUT2D eigenvalue weighted by molar-refractivity contribution is 6.25. The Morgan fingerprint density at radius 1 is 1.02 bits per heavy atom. The third-order valence-electron chi connectivity index (χ3n) is 9.71. The van der Waals surface area contributed by atoms with Gasteiger partial charge in [-0.1, -0.05) is 0 Å². The van der Waals surface area contributed by atoms with Crippen LogP contribution in [-0.4, -0.2) is 109 Å². The number of phenols is 1. The van der Waals surface area contributed by atoms with Crippen molar-refractivity contribution < 1.29 is 39.6 Å². The Balaban J connectivity index is 1.51. The molecule has 3 amide bonds. The smallest absolute Gasteiger partial charge is 0.319 e. The number of carbonyl (C=O) groups excluding carboxylic acids is 4. The number of carbonyl (C=O) groups is 4. The first-order chi connectivity index (χ1) is 22.0. The third kappa shape index (κ3) is 5.45. The molecule has 2 aromatic carbocycles. The number of benzene rings is 2. The minimum atomic E-state index is -2.74. The van der Waals surface area contributed by atoms with Crippen molar-refractivity contribution in [3.63, 3.8) is 0 Å². The zero-order valence-corrected chi connectivity index (χ0v) is 27.2. The van der Waals surface area contributed by atoms with Gasteiger partial charge in [-0.2, -0.15) is 0 Å². The summed E-state index contributed by atoms with van der Waals surface area (Å²) in [5.41, 5.74) is 5.32. The van der Waals surface area contributed by atoms with Gasteiger partial charge in [0, 0.05) is 74.9 Å². The van der Waals surface area contributed by atoms with Crippen molar-refractivity contribution >= 4 is 46.3 Å². The summed E-state index contributed by atoms with van der Waals surface area (Å²) in [5, 5.41) is 51.5. The normalized spacial score (nSPS) is 26.7. The SMILES string of the molecule is CN(C)c1ccc(NC(=O)NCc2cc(N(C)C)c3c(c2O)C(O)=C2C(=O)[C@@]4(O)C(=O)C(C(N)=O)C(O)[C@H](N(C)C)[C@H]4C[C@H]2C3)cc1. The lowest BCUT2D eigenvalue weighted by molar-refractivity contribution is -0.184. The number of nitrogens with one attached hydrogen (secondary N) is 2. The van der Waals surface area contributed by atoms with Gasteiger partial charge in [0.2, 0.25) is 11.7 Å². The van der Waals surface area contributed by atoms with Gasteiger partial charge < -0.3 is 51.5 Å². The highest BCUT2D eigenvalue weighted by Crippen LogP contribution is 2.53. The zero-order chi connectivity index (χ0) is 34.7. The molecular formula is C33H42N6O8. The predicted octanol–water partition coefficient (Wildman–Crippen LogP) is 0.583. The fraction of sp³-hybridized carbons (Fsp3) is 0.455. The van der Waals surface area contributed by atoms with E-state index in [9.17, 15) is 39.6 Å². The summed E-state index contributed by atoms with van der Waals surface area (Å²) in [4.78, 5) is 58.0. The van der Waals surface area contributed by atoms with E-state index in [1.807, 2.05) is 31.1 Å². The van der Waals surface area contributed by atoms with Gasteiger partial charge in [0.25, 0.3) is 0 Å². The maximum absolute atomic E-state index is 14.2. The van der Waals surface area contributed by atoms with Crippen molar-refractivity contribution in [3.8, 4) is 5.75 Å². The molecule has 0 spiro atoms. The summed E-state index contributed by atoms with van der Waals surface area (Å²) >= 11 is 0. The molecule has 6 atom stereocenters. The molecule has 14 nitrogen and oxygen atoms in total. The van der Waals surface area contributed by atoms with Gasteiger partial charge in [-0.3, -0.25) is 14.4 Å². The summed E-state index contributed by atoms with van der Waals surface area (Å²) in [6.07, 6.45) is -1.38. The molecule has 0 radical (unpaired) electrons. The molecule has 2 unspecified atom stereocenters. The summed E-state index contributed by atoms with van der Waals surface area (Å²) in [6.45, 7) is -0.144. The number of nitrogens with zero attached hydrogens (tertiary/aromatic N) is 3. The highest BCUT2D eigenvalue weighted by Gasteiger charge is 2.67. The van der Waals surface area contributed by atoms with Crippen molar-refractivity contribution in [1.82, 2.24) is 10.2 Å². The number of aliphatic hydroxyl groups excluding tert-OH is 2. The van der Waals surface area contributed by atoms with Gasteiger partial charge in [0.15, 0.2) is 11.4 Å². The van der Waals surface area contributed by atoms with Crippen LogP contribution in [0.3, 0.4) is 0 Å². The maximum atomic E-state index is 14.2. The number of urea groups is 1. The van der Waals surface area contributed by atoms with E-state index in [0.29, 0.717) is 16.9 Å². The lowest BCUT2D eigenvalue weighted by atomic mass is 9.54. The maximum Gasteiger partial charge on any atom is 0.319 e. The molecule has 8 N–H and O–H groups in total. The van der Waals surface area contributed by atoms with Gasteiger partial charge in [-0.15, -0.1) is 0 Å². The van der Waals surface area contributed by atoms with E-state index in [1.165, 1.54) is 0 Å². The lowest BCUT2D eigenvalue weighted by Gasteiger charge is -2.53. The molecule has 0 aromatic heterocycles. The average molecular weight is 651 g/mol. The molecule has 0 aliphatic heterocycles. The number of phenolic OH excluding ortho intramolecular Hbond substituents is 1. The number of hydrogen-bond donors (Lipinski definition) is 7. The van der Waals surface area contributed by atoms with E-state index in [-0.39, 0.29) is 41.8 Å². The van der Waals surface area contributed by atoms with Crippen LogP contribution in [0.15, 0.2) is 35.9 Å². The standard InChI is InChI=1S/C33H42N6O8/c1-37(2)18-9-7-17(8-10-18)36-32(46)35-14-16-13-21(38(3)4)19-11-15-12-20-25(39(5)6)28(42)24(31(34)45)30(44)33(20,47)29(43)22(15)27(41)23(19)26(16)40/h7-10,13,15,20,24-25,28,40-42,47H,11-12,14H2,1-6H3,(H2,34,45)(H2,35,36,46)/t15-,20-,24?,25-,28?,33-/m1/s1. The van der Waals surface area contributed by atoms with E-state index in [4.69, 9.17) is 5.73 Å². The number of primary amides is 1. The lowest BCUT2D eigenvalue weighted by Crippen LogP contribution is -2.73. The summed E-state index contributed by atoms with van der Waals surface area (Å²) < 4.78 is 0. The molecule has 2 saturated carbocycles. The molecule has 47 heavy (non-hydrogen) atoms. The van der Waals surface area contributed by atoms with Crippen molar-refractivity contribution in [2.45, 2.75) is 37.1 Å². The second-order valence-electron chi connectivity index (χ2n) is 13.2. The molecule has 252 valence electrons. The number of ketones is 2. The predicted molar refractivity (Wildman–Crippen MR) is 175 cm³/mol. The topological polar surface area (TPSA) is 209 Å². The minimum Gasteiger partial charge on any atom is -0.507 e. The van der Waals surface area contributed by atoms with E-state index < -0.39 is 64.8 Å². The number of likely N-dealkylation sites (N-methyl/N-ethyl adjacent to an activating group) is 1. The Morgan fingerprint density at radius 2 is 1.66 bits per heavy atom. The highest BCUT2D eigenvalue weighted by atomic mass is 16.3. The fourth-order valence-corrected chi connectivity index (χ4v) is 7.43. The summed E-state index contributed by atoms with van der Waals surface area (Å²) in [5.74, 6) is -8.09. The van der Waals surface area contributed by atoms with Gasteiger partial charge in [0.05, 0.1) is 11.7 Å². The zero-order valence-electron chi connectivity index (χ0n) is 27.2. The van der Waals surface area contributed by atoms with Crippen LogP contribution < -0.4 is 26.2 Å². The second kappa shape index (κ2) is 12.2. The number of fused-ring (bicyclic) bond motifs is 3. The van der Waals surface area contributed by atoms with E-state index in [1.54, 1.807) is 56.2 Å². The quantitative estimate of drug-likeness (QED) is 0.206. The van der Waals surface area contributed by atoms with Crippen LogP contribution in [0.4, 0.5) is 21.9 Å². The van der Waals surface area contributed by atoms with Crippen molar-refractivity contribution in [1.29, 1.82) is 0 Å². The molecule has 5 rings (SSSR count). The van der Waals surface area contributed by atoms with Gasteiger partial charge in [-0.25, -0.2) is 4.79 Å². The van der Waals surface area contributed by atoms with Crippen LogP contribution in [0.2, 0.25) is 0 Å². The van der Waals surface area contributed by atoms with E-state index in [0.717, 1.165) is 5.69 Å². The largest absolute Gasteiger partial charge is 0.507 e. The van der Waals surface area contributed by atoms with E-state index in [2.05, 4.69) is 10.6 Å². The van der Waals surface area contributed by atoms with Crippen molar-refractivity contribution in [2.24, 2.45) is 23.5 Å². The average Bonchev–Trinajstić information content (AvgIpc) is 2.98. The van der Waals surface area contributed by atoms with Gasteiger partial charge >= 0.3 is 6.03 Å². The Morgan fingerprint density at radius 3 is 2.21 bits per heavy atom. The monoisotopic (exact) mass is 650 g/mol. The van der Waals surface area contributed by atoms with Crippen molar-refractivity contribution in [3.05, 3.63) is 52.6 Å². The number of anilines is 3. The number of aliphatic hydroxyl groups is 3. The Hall–Kier alpha value is -4.66. The first-order valence-electron chi connectivity index (χ1n) is 15.3. The summed E-state index contributed by atoms with van der Waals surface area (Å²) in [7, 11) is 10.6. The number of hydrogen-bond acceptors (Lipinski definition) is 11. The molecule has 3 aliphatic carbocycles. The molecule has 2 fully saturated rings. The second-order valence-corrected chi connectivity index (χ2v) is 13.2. The number of Topliss-reactive ketones (excluding diaryl/α,β-unsaturated/α-hetero) is 2. The van der Waals surface area contributed by atoms with E-state index >= 15 is 0 Å². The van der Waals surface area contributed by atoms with Gasteiger partial charge in [-0.05, 0) is 68.8 Å². The van der Waals surface area contributed by atoms with Crippen LogP contribution in [-0.2, 0) is 27.3 Å². The molecule has 0 heterocycles. The number of nitrogens with two attached hydrogens (primary N) is 1. The third-order valence-corrected chi connectivity index (χ3v) is 9.71. The minimum absolute atomic E-state index is 0.0187. The first-order valence-corrected chi connectivity index (χ1v) is 15.3. The van der Waals surface area contributed by atoms with Gasteiger partial charge in [0.1, 0.15) is 17.4 Å². The Bertz CT molecular complexity index is 1670. The first kappa shape index (κ1) is 33.7. The Labute approximate surface area is 272 Å². The fourth-order valence-electron chi connectivity index (χ4n) is 7.43. The van der Waals surface area contributed by atoms with Crippen LogP contribution >= 0.6 is 0 Å². The number of amides is 3. The van der Waals surface area contributed by atoms with Crippen LogP contribution in [0.5, 0.6) is 5.75 Å². The summed E-state index contributed by atoms with van der Waals surface area (Å²) in [6, 6.07) is 7.37. The number of aromatic hydroxyl groups is 1. The van der Waals surface area contributed by atoms with Crippen LogP contribution in [0, 0.1) is 17.8 Å². The van der Waals surface area contributed by atoms with Crippen LogP contribution in [0.1, 0.15) is 23.1 Å². The Kier molecular flexibility index (Phi) is 8.73. The molecule has 14 heteroatoms. The van der Waals surface area contributed by atoms with Crippen LogP contribution in [0.25, 0.3) is 5.76 Å². The molecule has 0 saturated heterocycles. The number of rotatable bonds is 7. The molecule has 2 aromatic rings. The molecular weight excluding hydrogens is 608 g/mol.